The quantitative estimate of drug-likeness (QED) is 0.797. The van der Waals surface area contributed by atoms with E-state index in [1.165, 1.54) is 0 Å². The van der Waals surface area contributed by atoms with E-state index in [2.05, 4.69) is 26.0 Å². The Labute approximate surface area is 117 Å². The predicted octanol–water partition coefficient (Wildman–Crippen LogP) is 3.68. The molecule has 0 aliphatic rings. The van der Waals surface area contributed by atoms with Crippen molar-refractivity contribution >= 4 is 21.6 Å². The first kappa shape index (κ1) is 16.9. The van der Waals surface area contributed by atoms with Crippen LogP contribution in [0.4, 0.5) is 32.0 Å². The lowest BCUT2D eigenvalue weighted by atomic mass is 10.2. The third kappa shape index (κ3) is 5.45. The maximum atomic E-state index is 12.0. The third-order valence-corrected chi connectivity index (χ3v) is 2.65. The minimum atomic E-state index is -4.87. The molecule has 1 atom stereocenters. The Hall–Kier alpha value is -1.16. The van der Waals surface area contributed by atoms with Gasteiger partial charge in [0.2, 0.25) is 0 Å². The fourth-order valence-corrected chi connectivity index (χ4v) is 1.61. The highest BCUT2D eigenvalue weighted by atomic mass is 79.9. The second kappa shape index (κ2) is 6.08. The zero-order chi connectivity index (χ0) is 15.6. The molecular formula is C10H8BrF6NO2. The first-order valence-electron chi connectivity index (χ1n) is 5.03. The maximum Gasteiger partial charge on any atom is 0.573 e. The number of anilines is 1. The van der Waals surface area contributed by atoms with Crippen LogP contribution in [0.25, 0.3) is 0 Å². The van der Waals surface area contributed by atoms with E-state index in [0.717, 1.165) is 18.2 Å². The van der Waals surface area contributed by atoms with E-state index in [1.54, 1.807) is 0 Å². The molecule has 3 nitrogen and oxygen atoms in total. The van der Waals surface area contributed by atoms with Crippen LogP contribution < -0.4 is 10.1 Å². The summed E-state index contributed by atoms with van der Waals surface area (Å²) in [6, 6.07) is 3.12. The highest BCUT2D eigenvalue weighted by Crippen LogP contribution is 2.32. The van der Waals surface area contributed by atoms with E-state index in [4.69, 9.17) is 5.11 Å². The number of benzene rings is 1. The lowest BCUT2D eigenvalue weighted by molar-refractivity contribution is -0.274. The van der Waals surface area contributed by atoms with E-state index < -0.39 is 30.9 Å². The van der Waals surface area contributed by atoms with Crippen LogP contribution in [0.3, 0.4) is 0 Å². The molecule has 0 aliphatic heterocycles. The molecule has 1 aromatic rings. The van der Waals surface area contributed by atoms with E-state index in [0.29, 0.717) is 0 Å². The Morgan fingerprint density at radius 1 is 1.20 bits per heavy atom. The van der Waals surface area contributed by atoms with Crippen LogP contribution in [-0.2, 0) is 0 Å². The molecule has 1 rings (SSSR count). The van der Waals surface area contributed by atoms with Gasteiger partial charge >= 0.3 is 12.5 Å². The Balaban J connectivity index is 2.69. The number of alkyl halides is 6. The molecule has 0 aromatic heterocycles. The Morgan fingerprint density at radius 3 is 2.25 bits per heavy atom. The van der Waals surface area contributed by atoms with E-state index in [-0.39, 0.29) is 10.2 Å². The van der Waals surface area contributed by atoms with Crippen molar-refractivity contribution in [2.24, 2.45) is 0 Å². The van der Waals surface area contributed by atoms with Gasteiger partial charge in [0.05, 0.1) is 4.47 Å². The van der Waals surface area contributed by atoms with Gasteiger partial charge in [0.1, 0.15) is 5.75 Å². The number of halogens is 7. The van der Waals surface area contributed by atoms with Gasteiger partial charge in [0.15, 0.2) is 6.10 Å². The molecule has 0 fully saturated rings. The van der Waals surface area contributed by atoms with Gasteiger partial charge in [-0.1, -0.05) is 0 Å². The molecule has 0 spiro atoms. The highest BCUT2D eigenvalue weighted by Gasteiger charge is 2.37. The summed E-state index contributed by atoms with van der Waals surface area (Å²) in [5.74, 6) is -0.528. The largest absolute Gasteiger partial charge is 0.573 e. The van der Waals surface area contributed by atoms with Gasteiger partial charge in [-0.3, -0.25) is 0 Å². The number of ether oxygens (including phenoxy) is 1. The molecule has 0 radical (unpaired) electrons. The Morgan fingerprint density at radius 2 is 1.80 bits per heavy atom. The van der Waals surface area contributed by atoms with Crippen molar-refractivity contribution in [2.75, 3.05) is 11.9 Å². The van der Waals surface area contributed by atoms with Crippen molar-refractivity contribution in [1.29, 1.82) is 0 Å². The fraction of sp³-hybridized carbons (Fsp3) is 0.400. The number of aliphatic hydroxyl groups is 1. The van der Waals surface area contributed by atoms with Crippen LogP contribution in [-0.4, -0.2) is 30.3 Å². The molecule has 0 bridgehead atoms. The van der Waals surface area contributed by atoms with Crippen molar-refractivity contribution in [3.63, 3.8) is 0 Å². The van der Waals surface area contributed by atoms with Crippen molar-refractivity contribution in [3.05, 3.63) is 22.7 Å². The van der Waals surface area contributed by atoms with Crippen LogP contribution in [0, 0.1) is 0 Å². The van der Waals surface area contributed by atoms with E-state index >= 15 is 0 Å². The van der Waals surface area contributed by atoms with E-state index in [9.17, 15) is 26.3 Å². The molecule has 0 aliphatic carbocycles. The van der Waals surface area contributed by atoms with Crippen molar-refractivity contribution in [1.82, 2.24) is 0 Å². The number of hydrogen-bond donors (Lipinski definition) is 2. The lowest BCUT2D eigenvalue weighted by Crippen LogP contribution is -2.34. The molecule has 0 heterocycles. The second-order valence-corrected chi connectivity index (χ2v) is 4.49. The number of rotatable bonds is 4. The zero-order valence-electron chi connectivity index (χ0n) is 9.52. The second-order valence-electron chi connectivity index (χ2n) is 3.63. The SMILES string of the molecule is OC(CNc1ccc(OC(F)(F)F)c(Br)c1)C(F)(F)F. The standard InChI is InChI=1S/C10H8BrF6NO2/c11-6-3-5(18-4-8(19)9(12,13)14)1-2-7(6)20-10(15,16)17/h1-3,8,18-19H,4H2. The molecule has 0 amide bonds. The molecule has 10 heteroatoms. The van der Waals surface area contributed by atoms with Crippen LogP contribution in [0.1, 0.15) is 0 Å². The molecule has 1 aromatic carbocycles. The summed E-state index contributed by atoms with van der Waals surface area (Å²) < 4.78 is 75.6. The minimum Gasteiger partial charge on any atom is -0.405 e. The normalized spacial score (nSPS) is 14.0. The van der Waals surface area contributed by atoms with Gasteiger partial charge in [-0.05, 0) is 34.1 Å². The molecule has 2 N–H and O–H groups in total. The van der Waals surface area contributed by atoms with Gasteiger partial charge in [-0.15, -0.1) is 13.2 Å². The van der Waals surface area contributed by atoms with E-state index in [1.807, 2.05) is 0 Å². The van der Waals surface area contributed by atoms with Crippen molar-refractivity contribution in [2.45, 2.75) is 18.6 Å². The maximum absolute atomic E-state index is 12.0. The highest BCUT2D eigenvalue weighted by molar-refractivity contribution is 9.10. The Kier molecular flexibility index (Phi) is 5.14. The lowest BCUT2D eigenvalue weighted by Gasteiger charge is -2.16. The predicted molar refractivity (Wildman–Crippen MR) is 61.4 cm³/mol. The van der Waals surface area contributed by atoms with Gasteiger partial charge in [0.25, 0.3) is 0 Å². The monoisotopic (exact) mass is 367 g/mol. The van der Waals surface area contributed by atoms with Gasteiger partial charge < -0.3 is 15.2 Å². The number of hydrogen-bond acceptors (Lipinski definition) is 3. The van der Waals surface area contributed by atoms with Crippen molar-refractivity contribution in [3.8, 4) is 5.75 Å². The molecule has 114 valence electrons. The fourth-order valence-electron chi connectivity index (χ4n) is 1.15. The van der Waals surface area contributed by atoms with Crippen LogP contribution in [0.15, 0.2) is 22.7 Å². The Bertz CT molecular complexity index is 462. The average molecular weight is 368 g/mol. The van der Waals surface area contributed by atoms with Gasteiger partial charge in [-0.2, -0.15) is 13.2 Å². The molecule has 0 saturated heterocycles. The summed E-state index contributed by atoms with van der Waals surface area (Å²) in [4.78, 5) is 0. The smallest absolute Gasteiger partial charge is 0.405 e. The van der Waals surface area contributed by atoms with Gasteiger partial charge in [-0.25, -0.2) is 0 Å². The first-order valence-corrected chi connectivity index (χ1v) is 5.82. The summed E-state index contributed by atoms with van der Waals surface area (Å²) >= 11 is 2.80. The topological polar surface area (TPSA) is 41.5 Å². The van der Waals surface area contributed by atoms with Crippen LogP contribution in [0.2, 0.25) is 0 Å². The summed E-state index contributed by atoms with van der Waals surface area (Å²) in [6.45, 7) is -0.824. The summed E-state index contributed by atoms with van der Waals surface area (Å²) in [6.07, 6.45) is -12.2. The molecule has 20 heavy (non-hydrogen) atoms. The third-order valence-electron chi connectivity index (χ3n) is 2.03. The zero-order valence-corrected chi connectivity index (χ0v) is 11.1. The molecular weight excluding hydrogens is 360 g/mol. The summed E-state index contributed by atoms with van der Waals surface area (Å²) in [5.41, 5.74) is 0.0923. The molecule has 1 unspecified atom stereocenters. The summed E-state index contributed by atoms with van der Waals surface area (Å²) in [5, 5.41) is 11.0. The van der Waals surface area contributed by atoms with Crippen LogP contribution >= 0.6 is 15.9 Å². The minimum absolute atomic E-state index is 0.0923. The molecule has 0 saturated carbocycles. The average Bonchev–Trinajstić information content (AvgIpc) is 2.26. The number of aliphatic hydroxyl groups excluding tert-OH is 1. The van der Waals surface area contributed by atoms with Crippen LogP contribution in [0.5, 0.6) is 5.75 Å². The first-order chi connectivity index (χ1) is 8.99. The van der Waals surface area contributed by atoms with Crippen molar-refractivity contribution < 1.29 is 36.2 Å². The summed E-state index contributed by atoms with van der Waals surface area (Å²) in [7, 11) is 0. The van der Waals surface area contributed by atoms with Gasteiger partial charge in [0, 0.05) is 12.2 Å². The number of nitrogens with one attached hydrogen (secondary N) is 1.